The van der Waals surface area contributed by atoms with E-state index < -0.39 is 5.82 Å². The number of pyridine rings is 1. The van der Waals surface area contributed by atoms with E-state index in [0.717, 1.165) is 0 Å². The van der Waals surface area contributed by atoms with Crippen molar-refractivity contribution in [2.45, 2.75) is 6.92 Å². The molecule has 0 saturated carbocycles. The molecular formula is C13H13FN2O2. The maximum atomic E-state index is 13.7. The lowest BCUT2D eigenvalue weighted by atomic mass is 10.2. The van der Waals surface area contributed by atoms with Gasteiger partial charge in [-0.15, -0.1) is 0 Å². The van der Waals surface area contributed by atoms with E-state index in [1.54, 1.807) is 31.2 Å². The summed E-state index contributed by atoms with van der Waals surface area (Å²) in [6, 6.07) is 8.06. The van der Waals surface area contributed by atoms with Crippen molar-refractivity contribution < 1.29 is 13.9 Å². The summed E-state index contributed by atoms with van der Waals surface area (Å²) < 4.78 is 24.1. The van der Waals surface area contributed by atoms with Crippen LogP contribution in [-0.2, 0) is 0 Å². The van der Waals surface area contributed by atoms with Gasteiger partial charge in [-0.2, -0.15) is 4.98 Å². The zero-order valence-corrected chi connectivity index (χ0v) is 10.1. The lowest BCUT2D eigenvalue weighted by Crippen LogP contribution is -1.98. The Hall–Kier alpha value is -2.30. The van der Waals surface area contributed by atoms with Gasteiger partial charge in [0, 0.05) is 6.07 Å². The van der Waals surface area contributed by atoms with Crippen LogP contribution in [0.5, 0.6) is 17.5 Å². The molecule has 1 aromatic carbocycles. The molecule has 0 spiro atoms. The van der Waals surface area contributed by atoms with Crippen LogP contribution in [0.3, 0.4) is 0 Å². The van der Waals surface area contributed by atoms with E-state index >= 15 is 0 Å². The number of rotatable bonds is 3. The minimum atomic E-state index is -0.407. The third-order valence-electron chi connectivity index (χ3n) is 2.43. The van der Waals surface area contributed by atoms with Crippen LogP contribution in [0.1, 0.15) is 5.56 Å². The SMILES string of the molecule is COc1nc(Oc2cccc(C)c2F)ccc1N. The Labute approximate surface area is 104 Å². The van der Waals surface area contributed by atoms with Crippen LogP contribution in [0.15, 0.2) is 30.3 Å². The Kier molecular flexibility index (Phi) is 3.32. The van der Waals surface area contributed by atoms with E-state index in [9.17, 15) is 4.39 Å². The molecule has 0 aliphatic carbocycles. The highest BCUT2D eigenvalue weighted by atomic mass is 19.1. The van der Waals surface area contributed by atoms with Crippen molar-refractivity contribution >= 4 is 5.69 Å². The minimum absolute atomic E-state index is 0.120. The second-order valence-electron chi connectivity index (χ2n) is 3.74. The van der Waals surface area contributed by atoms with Crippen LogP contribution in [-0.4, -0.2) is 12.1 Å². The first-order valence-corrected chi connectivity index (χ1v) is 5.35. The molecule has 0 amide bonds. The molecule has 1 heterocycles. The highest BCUT2D eigenvalue weighted by Crippen LogP contribution is 2.28. The molecular weight excluding hydrogens is 235 g/mol. The number of ether oxygens (including phenoxy) is 2. The number of hydrogen-bond acceptors (Lipinski definition) is 4. The first-order chi connectivity index (χ1) is 8.61. The molecule has 5 heteroatoms. The number of aromatic nitrogens is 1. The molecule has 2 N–H and O–H groups in total. The fourth-order valence-electron chi connectivity index (χ4n) is 1.47. The third-order valence-corrected chi connectivity index (χ3v) is 2.43. The smallest absolute Gasteiger partial charge is 0.240 e. The third kappa shape index (κ3) is 2.34. The van der Waals surface area contributed by atoms with Gasteiger partial charge in [0.15, 0.2) is 11.6 Å². The molecule has 0 fully saturated rings. The van der Waals surface area contributed by atoms with Gasteiger partial charge in [0.1, 0.15) is 0 Å². The van der Waals surface area contributed by atoms with Crippen molar-refractivity contribution in [1.82, 2.24) is 4.98 Å². The van der Waals surface area contributed by atoms with Gasteiger partial charge in [0.2, 0.25) is 11.8 Å². The average Bonchev–Trinajstić information content (AvgIpc) is 2.37. The summed E-state index contributed by atoms with van der Waals surface area (Å²) in [7, 11) is 1.45. The van der Waals surface area contributed by atoms with E-state index in [0.29, 0.717) is 11.3 Å². The maximum Gasteiger partial charge on any atom is 0.240 e. The number of anilines is 1. The largest absolute Gasteiger partial charge is 0.479 e. The van der Waals surface area contributed by atoms with Gasteiger partial charge in [0.25, 0.3) is 0 Å². The first kappa shape index (κ1) is 12.2. The second kappa shape index (κ2) is 4.91. The molecule has 0 aliphatic rings. The molecule has 0 aliphatic heterocycles. The van der Waals surface area contributed by atoms with Crippen LogP contribution in [0.25, 0.3) is 0 Å². The Balaban J connectivity index is 2.31. The van der Waals surface area contributed by atoms with E-state index in [1.165, 1.54) is 13.2 Å². The Morgan fingerprint density at radius 2 is 2.00 bits per heavy atom. The van der Waals surface area contributed by atoms with Crippen molar-refractivity contribution in [2.75, 3.05) is 12.8 Å². The van der Waals surface area contributed by atoms with E-state index in [4.69, 9.17) is 15.2 Å². The number of halogens is 1. The molecule has 2 rings (SSSR count). The fourth-order valence-corrected chi connectivity index (χ4v) is 1.47. The van der Waals surface area contributed by atoms with Crippen LogP contribution in [0.4, 0.5) is 10.1 Å². The Morgan fingerprint density at radius 1 is 1.22 bits per heavy atom. The van der Waals surface area contributed by atoms with Crippen LogP contribution >= 0.6 is 0 Å². The van der Waals surface area contributed by atoms with Crippen molar-refractivity contribution in [3.05, 3.63) is 41.7 Å². The molecule has 0 radical (unpaired) electrons. The highest BCUT2D eigenvalue weighted by molar-refractivity contribution is 5.49. The molecule has 2 aromatic rings. The number of nitrogens with two attached hydrogens (primary N) is 1. The molecule has 0 bridgehead atoms. The predicted octanol–water partition coefficient (Wildman–Crippen LogP) is 2.91. The summed E-state index contributed by atoms with van der Waals surface area (Å²) in [5.74, 6) is 0.190. The van der Waals surface area contributed by atoms with E-state index in [2.05, 4.69) is 4.98 Å². The quantitative estimate of drug-likeness (QED) is 0.907. The van der Waals surface area contributed by atoms with Gasteiger partial charge in [-0.1, -0.05) is 12.1 Å². The summed E-state index contributed by atoms with van der Waals surface area (Å²) in [6.07, 6.45) is 0. The van der Waals surface area contributed by atoms with Gasteiger partial charge in [-0.25, -0.2) is 4.39 Å². The van der Waals surface area contributed by atoms with Gasteiger partial charge >= 0.3 is 0 Å². The van der Waals surface area contributed by atoms with Gasteiger partial charge in [0.05, 0.1) is 12.8 Å². The first-order valence-electron chi connectivity index (χ1n) is 5.35. The zero-order valence-electron chi connectivity index (χ0n) is 10.1. The van der Waals surface area contributed by atoms with Gasteiger partial charge in [-0.05, 0) is 24.6 Å². The zero-order chi connectivity index (χ0) is 13.1. The molecule has 1 aromatic heterocycles. The highest BCUT2D eigenvalue weighted by Gasteiger charge is 2.09. The number of benzene rings is 1. The van der Waals surface area contributed by atoms with Gasteiger partial charge in [-0.3, -0.25) is 0 Å². The molecule has 0 saturated heterocycles. The number of nitrogens with zero attached hydrogens (tertiary/aromatic N) is 1. The molecule has 94 valence electrons. The number of hydrogen-bond donors (Lipinski definition) is 1. The standard InChI is InChI=1S/C13H13FN2O2/c1-8-4-3-5-10(12(8)14)18-11-7-6-9(15)13(16-11)17-2/h3-7H,15H2,1-2H3. The van der Waals surface area contributed by atoms with Crippen molar-refractivity contribution in [1.29, 1.82) is 0 Å². The normalized spacial score (nSPS) is 10.2. The summed E-state index contributed by atoms with van der Waals surface area (Å²) in [5.41, 5.74) is 6.54. The van der Waals surface area contributed by atoms with Crippen molar-refractivity contribution in [3.8, 4) is 17.5 Å². The molecule has 18 heavy (non-hydrogen) atoms. The van der Waals surface area contributed by atoms with Crippen LogP contribution in [0.2, 0.25) is 0 Å². The average molecular weight is 248 g/mol. The summed E-state index contributed by atoms with van der Waals surface area (Å²) >= 11 is 0. The number of methoxy groups -OCH3 is 1. The van der Waals surface area contributed by atoms with Gasteiger partial charge < -0.3 is 15.2 Å². The minimum Gasteiger partial charge on any atom is -0.479 e. The molecule has 4 nitrogen and oxygen atoms in total. The number of aryl methyl sites for hydroxylation is 1. The summed E-state index contributed by atoms with van der Waals surface area (Å²) in [4.78, 5) is 4.02. The lowest BCUT2D eigenvalue weighted by molar-refractivity contribution is 0.379. The summed E-state index contributed by atoms with van der Waals surface area (Å²) in [5, 5.41) is 0. The van der Waals surface area contributed by atoms with Crippen molar-refractivity contribution in [2.24, 2.45) is 0 Å². The van der Waals surface area contributed by atoms with Crippen molar-refractivity contribution in [3.63, 3.8) is 0 Å². The fraction of sp³-hybridized carbons (Fsp3) is 0.154. The Bertz CT molecular complexity index is 573. The Morgan fingerprint density at radius 3 is 2.72 bits per heavy atom. The van der Waals surface area contributed by atoms with Crippen LogP contribution in [0, 0.1) is 12.7 Å². The van der Waals surface area contributed by atoms with Crippen LogP contribution < -0.4 is 15.2 Å². The maximum absolute atomic E-state index is 13.7. The number of nitrogen functional groups attached to an aromatic ring is 1. The lowest BCUT2D eigenvalue weighted by Gasteiger charge is -2.09. The monoisotopic (exact) mass is 248 g/mol. The second-order valence-corrected chi connectivity index (χ2v) is 3.74. The molecule has 0 unspecified atom stereocenters. The topological polar surface area (TPSA) is 57.4 Å². The predicted molar refractivity (Wildman–Crippen MR) is 66.4 cm³/mol. The van der Waals surface area contributed by atoms with E-state index in [-0.39, 0.29) is 17.5 Å². The van der Waals surface area contributed by atoms with E-state index in [1.807, 2.05) is 0 Å². The molecule has 0 atom stereocenters. The summed E-state index contributed by atoms with van der Waals surface area (Å²) in [6.45, 7) is 1.67.